The summed E-state index contributed by atoms with van der Waals surface area (Å²) in [6.45, 7) is 7.35. The maximum Gasteiger partial charge on any atom is 0.161 e. The van der Waals surface area contributed by atoms with Crippen molar-refractivity contribution in [3.8, 4) is 11.5 Å². The second-order valence-electron chi connectivity index (χ2n) is 4.91. The Morgan fingerprint density at radius 2 is 2.10 bits per heavy atom. The van der Waals surface area contributed by atoms with E-state index in [2.05, 4.69) is 24.3 Å². The zero-order valence-corrected chi connectivity index (χ0v) is 13.0. The predicted molar refractivity (Wildman–Crippen MR) is 80.7 cm³/mol. The molecular weight excluding hydrogens is 268 g/mol. The first-order valence-electron chi connectivity index (χ1n) is 7.10. The second-order valence-corrected chi connectivity index (χ2v) is 4.91. The molecule has 1 heterocycles. The van der Waals surface area contributed by atoms with Crippen LogP contribution in [0.15, 0.2) is 28.8 Å². The van der Waals surface area contributed by atoms with Crippen LogP contribution in [0, 0.1) is 6.92 Å². The average Bonchev–Trinajstić information content (AvgIpc) is 2.90. The SMILES string of the molecule is CCNC(C)c1ccc(OCc2cc(C)on2)c(OC)c1. The van der Waals surface area contributed by atoms with Gasteiger partial charge in [-0.1, -0.05) is 18.1 Å². The molecule has 5 nitrogen and oxygen atoms in total. The summed E-state index contributed by atoms with van der Waals surface area (Å²) in [6, 6.07) is 8.09. The average molecular weight is 290 g/mol. The minimum Gasteiger partial charge on any atom is -0.493 e. The van der Waals surface area contributed by atoms with Gasteiger partial charge in [0.05, 0.1) is 7.11 Å². The third kappa shape index (κ3) is 3.98. The predicted octanol–water partition coefficient (Wildman–Crippen LogP) is 3.24. The number of aromatic nitrogens is 1. The fourth-order valence-corrected chi connectivity index (χ4v) is 2.13. The van der Waals surface area contributed by atoms with Crippen molar-refractivity contribution in [1.29, 1.82) is 0 Å². The van der Waals surface area contributed by atoms with Gasteiger partial charge in [-0.05, 0) is 38.1 Å². The molecule has 0 aliphatic rings. The monoisotopic (exact) mass is 290 g/mol. The van der Waals surface area contributed by atoms with E-state index in [-0.39, 0.29) is 6.04 Å². The van der Waals surface area contributed by atoms with Gasteiger partial charge in [-0.3, -0.25) is 0 Å². The van der Waals surface area contributed by atoms with Crippen LogP contribution < -0.4 is 14.8 Å². The van der Waals surface area contributed by atoms with E-state index in [0.29, 0.717) is 12.4 Å². The van der Waals surface area contributed by atoms with Crippen LogP contribution in [0.25, 0.3) is 0 Å². The molecule has 0 bridgehead atoms. The molecule has 1 N–H and O–H groups in total. The number of nitrogens with one attached hydrogen (secondary N) is 1. The largest absolute Gasteiger partial charge is 0.493 e. The van der Waals surface area contributed by atoms with Gasteiger partial charge in [0.2, 0.25) is 0 Å². The summed E-state index contributed by atoms with van der Waals surface area (Å²) < 4.78 is 16.2. The Kier molecular flexibility index (Phi) is 5.22. The van der Waals surface area contributed by atoms with Crippen molar-refractivity contribution in [3.05, 3.63) is 41.3 Å². The quantitative estimate of drug-likeness (QED) is 0.848. The fourth-order valence-electron chi connectivity index (χ4n) is 2.13. The standard InChI is InChI=1S/C16H22N2O3/c1-5-17-12(3)13-6-7-15(16(9-13)19-4)20-10-14-8-11(2)21-18-14/h6-9,12,17H,5,10H2,1-4H3. The minimum atomic E-state index is 0.274. The molecule has 1 atom stereocenters. The first-order valence-corrected chi connectivity index (χ1v) is 7.10. The summed E-state index contributed by atoms with van der Waals surface area (Å²) >= 11 is 0. The van der Waals surface area contributed by atoms with Gasteiger partial charge in [0.25, 0.3) is 0 Å². The highest BCUT2D eigenvalue weighted by atomic mass is 16.5. The van der Waals surface area contributed by atoms with Gasteiger partial charge in [-0.15, -0.1) is 0 Å². The third-order valence-electron chi connectivity index (χ3n) is 3.25. The van der Waals surface area contributed by atoms with Crippen LogP contribution in [0.4, 0.5) is 0 Å². The van der Waals surface area contributed by atoms with Crippen LogP contribution in [0.2, 0.25) is 0 Å². The van der Waals surface area contributed by atoms with E-state index < -0.39 is 0 Å². The normalized spacial score (nSPS) is 12.2. The van der Waals surface area contributed by atoms with Crippen molar-refractivity contribution in [3.63, 3.8) is 0 Å². The maximum atomic E-state index is 5.75. The van der Waals surface area contributed by atoms with Gasteiger partial charge in [0.15, 0.2) is 11.5 Å². The molecule has 1 unspecified atom stereocenters. The topological polar surface area (TPSA) is 56.5 Å². The van der Waals surface area contributed by atoms with Crippen LogP contribution in [-0.4, -0.2) is 18.8 Å². The van der Waals surface area contributed by atoms with E-state index in [9.17, 15) is 0 Å². The molecule has 0 amide bonds. The highest BCUT2D eigenvalue weighted by Crippen LogP contribution is 2.30. The number of aryl methyl sites for hydroxylation is 1. The van der Waals surface area contributed by atoms with E-state index in [1.54, 1.807) is 7.11 Å². The van der Waals surface area contributed by atoms with Crippen molar-refractivity contribution in [2.45, 2.75) is 33.4 Å². The molecule has 0 fully saturated rings. The summed E-state index contributed by atoms with van der Waals surface area (Å²) in [6.07, 6.45) is 0. The fraction of sp³-hybridized carbons (Fsp3) is 0.438. The lowest BCUT2D eigenvalue weighted by Gasteiger charge is -2.16. The molecule has 114 valence electrons. The number of hydrogen-bond donors (Lipinski definition) is 1. The number of hydrogen-bond acceptors (Lipinski definition) is 5. The van der Waals surface area contributed by atoms with Gasteiger partial charge in [-0.25, -0.2) is 0 Å². The van der Waals surface area contributed by atoms with Gasteiger partial charge >= 0.3 is 0 Å². The van der Waals surface area contributed by atoms with Crippen LogP contribution in [0.3, 0.4) is 0 Å². The van der Waals surface area contributed by atoms with Crippen molar-refractivity contribution in [1.82, 2.24) is 10.5 Å². The van der Waals surface area contributed by atoms with Crippen molar-refractivity contribution in [2.75, 3.05) is 13.7 Å². The molecule has 0 saturated heterocycles. The summed E-state index contributed by atoms with van der Waals surface area (Å²) in [5.41, 5.74) is 1.93. The zero-order valence-electron chi connectivity index (χ0n) is 13.0. The summed E-state index contributed by atoms with van der Waals surface area (Å²) in [4.78, 5) is 0. The molecule has 5 heteroatoms. The second kappa shape index (κ2) is 7.13. The van der Waals surface area contributed by atoms with E-state index in [1.807, 2.05) is 31.2 Å². The smallest absolute Gasteiger partial charge is 0.161 e. The Hall–Kier alpha value is -2.01. The molecule has 1 aromatic carbocycles. The number of nitrogens with zero attached hydrogens (tertiary/aromatic N) is 1. The van der Waals surface area contributed by atoms with E-state index >= 15 is 0 Å². The lowest BCUT2D eigenvalue weighted by atomic mass is 10.1. The Labute approximate surface area is 125 Å². The molecule has 0 saturated carbocycles. The molecule has 0 spiro atoms. The molecule has 0 aliphatic carbocycles. The zero-order chi connectivity index (χ0) is 15.2. The highest BCUT2D eigenvalue weighted by Gasteiger charge is 2.11. The van der Waals surface area contributed by atoms with Crippen molar-refractivity contribution >= 4 is 0 Å². The van der Waals surface area contributed by atoms with Crippen LogP contribution in [0.5, 0.6) is 11.5 Å². The first-order chi connectivity index (χ1) is 10.1. The molecule has 2 rings (SSSR count). The molecule has 0 aliphatic heterocycles. The summed E-state index contributed by atoms with van der Waals surface area (Å²) in [7, 11) is 1.64. The first kappa shape index (κ1) is 15.4. The number of benzene rings is 1. The highest BCUT2D eigenvalue weighted by molar-refractivity contribution is 5.43. The van der Waals surface area contributed by atoms with Crippen molar-refractivity contribution < 1.29 is 14.0 Å². The van der Waals surface area contributed by atoms with Crippen LogP contribution >= 0.6 is 0 Å². The number of methoxy groups -OCH3 is 1. The Balaban J connectivity index is 2.08. The van der Waals surface area contributed by atoms with E-state index in [0.717, 1.165) is 23.7 Å². The summed E-state index contributed by atoms with van der Waals surface area (Å²) in [5.74, 6) is 2.19. The number of rotatable bonds is 7. The van der Waals surface area contributed by atoms with E-state index in [1.165, 1.54) is 5.56 Å². The Morgan fingerprint density at radius 1 is 1.29 bits per heavy atom. The minimum absolute atomic E-state index is 0.274. The molecule has 1 aromatic heterocycles. The molecular formula is C16H22N2O3. The molecule has 2 aromatic rings. The van der Waals surface area contributed by atoms with Gasteiger partial charge in [0.1, 0.15) is 18.1 Å². The number of ether oxygens (including phenoxy) is 2. The van der Waals surface area contributed by atoms with Gasteiger partial charge in [-0.2, -0.15) is 0 Å². The lowest BCUT2D eigenvalue weighted by Crippen LogP contribution is -2.17. The Bertz CT molecular complexity index is 581. The Morgan fingerprint density at radius 3 is 2.71 bits per heavy atom. The molecule has 21 heavy (non-hydrogen) atoms. The van der Waals surface area contributed by atoms with Crippen LogP contribution in [-0.2, 0) is 6.61 Å². The summed E-state index contributed by atoms with van der Waals surface area (Å²) in [5, 5.41) is 7.28. The van der Waals surface area contributed by atoms with E-state index in [4.69, 9.17) is 14.0 Å². The lowest BCUT2D eigenvalue weighted by molar-refractivity contribution is 0.271. The van der Waals surface area contributed by atoms with Gasteiger partial charge < -0.3 is 19.3 Å². The molecule has 0 radical (unpaired) electrons. The third-order valence-corrected chi connectivity index (χ3v) is 3.25. The van der Waals surface area contributed by atoms with Gasteiger partial charge in [0, 0.05) is 12.1 Å². The van der Waals surface area contributed by atoms with Crippen molar-refractivity contribution in [2.24, 2.45) is 0 Å². The maximum absolute atomic E-state index is 5.75. The van der Waals surface area contributed by atoms with Crippen LogP contribution in [0.1, 0.15) is 36.9 Å².